The molecule has 2 aliphatic carbocycles. The molecule has 0 saturated carbocycles. The van der Waals surface area contributed by atoms with Gasteiger partial charge in [0.2, 0.25) is 0 Å². The molecule has 0 unspecified atom stereocenters. The van der Waals surface area contributed by atoms with E-state index in [1.165, 1.54) is 88.0 Å². The van der Waals surface area contributed by atoms with Gasteiger partial charge < -0.3 is 0 Å². The molecule has 0 atom stereocenters. The van der Waals surface area contributed by atoms with Gasteiger partial charge in [0, 0.05) is 45.1 Å². The van der Waals surface area contributed by atoms with E-state index in [0.29, 0.717) is 0 Å². The molecule has 0 bridgehead atoms. The van der Waals surface area contributed by atoms with E-state index in [1.807, 2.05) is 12.4 Å². The SMILES string of the molecule is CC1(C)c2ccccc2-c2cc3c(-c4nccc5ccccc45)c4cc5c(cc4c(-c4nccc6ccccc46)c3cc21)C(C)(C)c1ccccc1-5. The van der Waals surface area contributed by atoms with Gasteiger partial charge in [0.1, 0.15) is 0 Å². The Morgan fingerprint density at radius 2 is 0.731 bits per heavy atom. The van der Waals surface area contributed by atoms with Crippen molar-refractivity contribution in [2.75, 3.05) is 0 Å². The maximum atomic E-state index is 5.25. The molecule has 52 heavy (non-hydrogen) atoms. The van der Waals surface area contributed by atoms with E-state index >= 15 is 0 Å². The van der Waals surface area contributed by atoms with Crippen LogP contribution in [-0.2, 0) is 10.8 Å². The molecule has 9 aromatic rings. The highest BCUT2D eigenvalue weighted by Gasteiger charge is 2.39. The van der Waals surface area contributed by atoms with Crippen LogP contribution in [0.25, 0.3) is 87.9 Å². The zero-order chi connectivity index (χ0) is 34.9. The van der Waals surface area contributed by atoms with Crippen molar-refractivity contribution < 1.29 is 0 Å². The predicted octanol–water partition coefficient (Wildman–Crippen LogP) is 13.0. The third kappa shape index (κ3) is 3.79. The fourth-order valence-corrected chi connectivity index (χ4v) is 9.76. The molecule has 2 aliphatic rings. The smallest absolute Gasteiger partial charge is 0.0792 e. The van der Waals surface area contributed by atoms with Crippen molar-refractivity contribution in [1.29, 1.82) is 0 Å². The van der Waals surface area contributed by atoms with Gasteiger partial charge in [0.15, 0.2) is 0 Å². The van der Waals surface area contributed by atoms with Crippen molar-refractivity contribution in [2.24, 2.45) is 0 Å². The molecule has 246 valence electrons. The summed E-state index contributed by atoms with van der Waals surface area (Å²) in [4.78, 5) is 10.5. The van der Waals surface area contributed by atoms with Gasteiger partial charge in [0.25, 0.3) is 0 Å². The summed E-state index contributed by atoms with van der Waals surface area (Å²) >= 11 is 0. The second-order valence-corrected chi connectivity index (χ2v) is 15.7. The second kappa shape index (κ2) is 10.2. The highest BCUT2D eigenvalue weighted by atomic mass is 14.7. The number of aromatic nitrogens is 2. The van der Waals surface area contributed by atoms with E-state index in [1.54, 1.807) is 0 Å². The number of nitrogens with zero attached hydrogens (tertiary/aromatic N) is 2. The molecule has 0 fully saturated rings. The predicted molar refractivity (Wildman–Crippen MR) is 218 cm³/mol. The van der Waals surface area contributed by atoms with Crippen LogP contribution in [0.15, 0.2) is 146 Å². The number of hydrogen-bond donors (Lipinski definition) is 0. The highest BCUT2D eigenvalue weighted by Crippen LogP contribution is 2.56. The largest absolute Gasteiger partial charge is 0.256 e. The van der Waals surface area contributed by atoms with Crippen molar-refractivity contribution in [1.82, 2.24) is 9.97 Å². The van der Waals surface area contributed by atoms with Gasteiger partial charge in [-0.2, -0.15) is 0 Å². The minimum Gasteiger partial charge on any atom is -0.256 e. The summed E-state index contributed by atoms with van der Waals surface area (Å²) in [7, 11) is 0. The lowest BCUT2D eigenvalue weighted by atomic mass is 9.78. The minimum absolute atomic E-state index is 0.155. The molecule has 0 aliphatic heterocycles. The normalized spacial score (nSPS) is 14.8. The van der Waals surface area contributed by atoms with E-state index in [0.717, 1.165) is 22.2 Å². The van der Waals surface area contributed by atoms with Gasteiger partial charge in [-0.15, -0.1) is 0 Å². The van der Waals surface area contributed by atoms with Crippen molar-refractivity contribution >= 4 is 43.1 Å². The van der Waals surface area contributed by atoms with Crippen LogP contribution >= 0.6 is 0 Å². The summed E-state index contributed by atoms with van der Waals surface area (Å²) in [5.74, 6) is 0. The van der Waals surface area contributed by atoms with Crippen molar-refractivity contribution in [3.63, 3.8) is 0 Å². The lowest BCUT2D eigenvalue weighted by molar-refractivity contribution is 0.661. The van der Waals surface area contributed by atoms with Gasteiger partial charge >= 0.3 is 0 Å². The third-order valence-corrected chi connectivity index (χ3v) is 12.3. The number of benzene rings is 7. The molecule has 0 N–H and O–H groups in total. The van der Waals surface area contributed by atoms with Gasteiger partial charge in [-0.25, -0.2) is 0 Å². The summed E-state index contributed by atoms with van der Waals surface area (Å²) in [6.07, 6.45) is 3.96. The summed E-state index contributed by atoms with van der Waals surface area (Å²) in [6.45, 7) is 9.50. The first-order valence-corrected chi connectivity index (χ1v) is 18.3. The second-order valence-electron chi connectivity index (χ2n) is 15.7. The third-order valence-electron chi connectivity index (χ3n) is 12.3. The first kappa shape index (κ1) is 29.6. The zero-order valence-corrected chi connectivity index (χ0v) is 29.8. The molecule has 2 aromatic heterocycles. The first-order valence-electron chi connectivity index (χ1n) is 18.3. The van der Waals surface area contributed by atoms with Crippen LogP contribution in [0.5, 0.6) is 0 Å². The average molecular weight is 665 g/mol. The van der Waals surface area contributed by atoms with Crippen LogP contribution in [0.1, 0.15) is 49.9 Å². The maximum Gasteiger partial charge on any atom is 0.0792 e. The van der Waals surface area contributed by atoms with Gasteiger partial charge in [-0.3, -0.25) is 9.97 Å². The summed E-state index contributed by atoms with van der Waals surface area (Å²) in [5, 5.41) is 9.55. The van der Waals surface area contributed by atoms with E-state index < -0.39 is 0 Å². The Hall–Kier alpha value is -6.12. The molecule has 0 saturated heterocycles. The monoisotopic (exact) mass is 664 g/mol. The summed E-state index contributed by atoms with van der Waals surface area (Å²) in [5.41, 5.74) is 14.8. The molecule has 0 radical (unpaired) electrons. The Morgan fingerprint density at radius 3 is 1.19 bits per heavy atom. The zero-order valence-electron chi connectivity index (χ0n) is 29.8. The van der Waals surface area contributed by atoms with Gasteiger partial charge in [0.05, 0.1) is 11.4 Å². The quantitative estimate of drug-likeness (QED) is 0.172. The van der Waals surface area contributed by atoms with Crippen LogP contribution in [0, 0.1) is 0 Å². The van der Waals surface area contributed by atoms with Crippen LogP contribution in [0.2, 0.25) is 0 Å². The van der Waals surface area contributed by atoms with Gasteiger partial charge in [-0.05, 0) is 113 Å². The van der Waals surface area contributed by atoms with E-state index in [4.69, 9.17) is 9.97 Å². The lowest BCUT2D eigenvalue weighted by Crippen LogP contribution is -2.15. The van der Waals surface area contributed by atoms with Crippen molar-refractivity contribution in [3.05, 3.63) is 168 Å². The molecule has 0 amide bonds. The van der Waals surface area contributed by atoms with Crippen molar-refractivity contribution in [3.8, 4) is 44.8 Å². The lowest BCUT2D eigenvalue weighted by Gasteiger charge is -2.25. The highest BCUT2D eigenvalue weighted by molar-refractivity contribution is 6.26. The fourth-order valence-electron chi connectivity index (χ4n) is 9.76. The standard InChI is InChI=1S/C50H36N2/c1-49(2)41-19-11-9-17-33(41)35-25-37-39(27-43(35)49)46(48-32-16-8-6-14-30(32)22-24-52-48)40-28-44-36(34-18-10-12-20-42(34)50(44,3)4)26-38(40)45(37)47-31-15-7-5-13-29(31)21-23-51-47/h5-28H,1-4H3. The Kier molecular flexibility index (Phi) is 5.83. The van der Waals surface area contributed by atoms with Crippen LogP contribution in [0.3, 0.4) is 0 Å². The Labute approximate surface area is 303 Å². The Balaban J connectivity index is 1.41. The molecule has 2 heteroatoms. The molecule has 2 heterocycles. The molecular formula is C50H36N2. The molecule has 2 nitrogen and oxygen atoms in total. The number of fused-ring (bicyclic) bond motifs is 10. The van der Waals surface area contributed by atoms with E-state index in [2.05, 4.69) is 161 Å². The summed E-state index contributed by atoms with van der Waals surface area (Å²) in [6, 6.07) is 49.5. The Morgan fingerprint density at radius 1 is 0.346 bits per heavy atom. The van der Waals surface area contributed by atoms with Crippen molar-refractivity contribution in [2.45, 2.75) is 38.5 Å². The number of pyridine rings is 2. The van der Waals surface area contributed by atoms with Crippen LogP contribution < -0.4 is 0 Å². The maximum absolute atomic E-state index is 5.25. The number of rotatable bonds is 2. The van der Waals surface area contributed by atoms with E-state index in [9.17, 15) is 0 Å². The minimum atomic E-state index is -0.155. The Bertz CT molecular complexity index is 2880. The van der Waals surface area contributed by atoms with Gasteiger partial charge in [-0.1, -0.05) is 125 Å². The van der Waals surface area contributed by atoms with Crippen LogP contribution in [0.4, 0.5) is 0 Å². The molecule has 7 aromatic carbocycles. The fraction of sp³-hybridized carbons (Fsp3) is 0.120. The van der Waals surface area contributed by atoms with Crippen LogP contribution in [-0.4, -0.2) is 9.97 Å². The molecular weight excluding hydrogens is 629 g/mol. The number of hydrogen-bond acceptors (Lipinski definition) is 2. The summed E-state index contributed by atoms with van der Waals surface area (Å²) < 4.78 is 0. The average Bonchev–Trinajstić information content (AvgIpc) is 3.54. The first-order chi connectivity index (χ1) is 25.3. The van der Waals surface area contributed by atoms with E-state index in [-0.39, 0.29) is 10.8 Å². The molecule has 0 spiro atoms. The molecule has 11 rings (SSSR count). The topological polar surface area (TPSA) is 25.8 Å².